The van der Waals surface area contributed by atoms with Gasteiger partial charge in [-0.05, 0) is 42.3 Å². The number of rotatable bonds is 5. The molecule has 0 aromatic heterocycles. The van der Waals surface area contributed by atoms with E-state index in [1.807, 2.05) is 12.1 Å². The molecule has 0 aliphatic rings. The first-order valence-corrected chi connectivity index (χ1v) is 7.32. The molecule has 0 aliphatic carbocycles. The predicted octanol–water partition coefficient (Wildman–Crippen LogP) is 2.69. The first-order valence-electron chi connectivity index (χ1n) is 6.94. The number of carbonyl (C=O) groups excluding carboxylic acids is 2. The predicted molar refractivity (Wildman–Crippen MR) is 88.9 cm³/mol. The van der Waals surface area contributed by atoms with Crippen LogP contribution in [0.3, 0.4) is 0 Å². The van der Waals surface area contributed by atoms with Gasteiger partial charge in [-0.1, -0.05) is 23.7 Å². The highest BCUT2D eigenvalue weighted by Gasteiger charge is 2.19. The van der Waals surface area contributed by atoms with Crippen molar-refractivity contribution in [3.05, 3.63) is 63.7 Å². The van der Waals surface area contributed by atoms with Crippen molar-refractivity contribution in [1.29, 1.82) is 0 Å². The van der Waals surface area contributed by atoms with E-state index in [-0.39, 0.29) is 5.91 Å². The van der Waals surface area contributed by atoms with Crippen molar-refractivity contribution in [2.75, 3.05) is 7.11 Å². The van der Waals surface area contributed by atoms with Gasteiger partial charge in [0.1, 0.15) is 5.75 Å². The van der Waals surface area contributed by atoms with E-state index in [0.717, 1.165) is 5.56 Å². The molecule has 3 N–H and O–H groups in total. The van der Waals surface area contributed by atoms with Crippen LogP contribution in [0.4, 0.5) is 0 Å². The highest BCUT2D eigenvalue weighted by atomic mass is 35.5. The molecule has 0 atom stereocenters. The molecule has 0 radical (unpaired) electrons. The lowest BCUT2D eigenvalue weighted by Gasteiger charge is -2.14. The van der Waals surface area contributed by atoms with E-state index in [0.29, 0.717) is 34.0 Å². The number of amides is 2. The Labute approximate surface area is 139 Å². The molecule has 0 spiro atoms. The SMILES string of the molecule is COc1ccc(C(N)=O)c(C)c1C(=O)NCc1ccc(Cl)cc1. The second-order valence-electron chi connectivity index (χ2n) is 4.99. The van der Waals surface area contributed by atoms with Crippen LogP contribution in [0.25, 0.3) is 0 Å². The smallest absolute Gasteiger partial charge is 0.255 e. The van der Waals surface area contributed by atoms with Gasteiger partial charge in [0, 0.05) is 17.1 Å². The Morgan fingerprint density at radius 1 is 1.17 bits per heavy atom. The summed E-state index contributed by atoms with van der Waals surface area (Å²) in [6.45, 7) is 2.00. The molecule has 2 amide bonds. The van der Waals surface area contributed by atoms with Crippen LogP contribution in [-0.2, 0) is 6.54 Å². The van der Waals surface area contributed by atoms with E-state index >= 15 is 0 Å². The van der Waals surface area contributed by atoms with Gasteiger partial charge in [0.05, 0.1) is 12.7 Å². The molecule has 2 rings (SSSR count). The molecule has 0 bridgehead atoms. The molecular formula is C17H17ClN2O3. The molecule has 5 nitrogen and oxygen atoms in total. The van der Waals surface area contributed by atoms with Crippen molar-refractivity contribution >= 4 is 23.4 Å². The first kappa shape index (κ1) is 16.8. The molecule has 6 heteroatoms. The summed E-state index contributed by atoms with van der Waals surface area (Å²) in [4.78, 5) is 23.9. The van der Waals surface area contributed by atoms with Crippen molar-refractivity contribution in [2.24, 2.45) is 5.73 Å². The summed E-state index contributed by atoms with van der Waals surface area (Å²) in [5, 5.41) is 3.43. The van der Waals surface area contributed by atoms with Crippen molar-refractivity contribution < 1.29 is 14.3 Å². The summed E-state index contributed by atoms with van der Waals surface area (Å²) in [6.07, 6.45) is 0. The lowest BCUT2D eigenvalue weighted by atomic mass is 10.00. The molecule has 0 aliphatic heterocycles. The zero-order valence-corrected chi connectivity index (χ0v) is 13.6. The van der Waals surface area contributed by atoms with Crippen LogP contribution in [-0.4, -0.2) is 18.9 Å². The zero-order valence-electron chi connectivity index (χ0n) is 12.9. The van der Waals surface area contributed by atoms with Crippen molar-refractivity contribution in [3.8, 4) is 5.75 Å². The van der Waals surface area contributed by atoms with E-state index in [4.69, 9.17) is 22.1 Å². The second-order valence-corrected chi connectivity index (χ2v) is 5.43. The largest absolute Gasteiger partial charge is 0.496 e. The van der Waals surface area contributed by atoms with Crippen LogP contribution >= 0.6 is 11.6 Å². The summed E-state index contributed by atoms with van der Waals surface area (Å²) >= 11 is 5.83. The van der Waals surface area contributed by atoms with Crippen LogP contribution in [0.15, 0.2) is 36.4 Å². The molecule has 2 aromatic rings. The topological polar surface area (TPSA) is 81.4 Å². The highest BCUT2D eigenvalue weighted by Crippen LogP contribution is 2.25. The third-order valence-electron chi connectivity index (χ3n) is 3.51. The average molecular weight is 333 g/mol. The molecular weight excluding hydrogens is 316 g/mol. The van der Waals surface area contributed by atoms with Gasteiger partial charge < -0.3 is 15.8 Å². The Balaban J connectivity index is 2.25. The Hall–Kier alpha value is -2.53. The van der Waals surface area contributed by atoms with E-state index in [2.05, 4.69) is 5.32 Å². The maximum atomic E-state index is 12.5. The third-order valence-corrected chi connectivity index (χ3v) is 3.76. The van der Waals surface area contributed by atoms with Crippen molar-refractivity contribution in [2.45, 2.75) is 13.5 Å². The minimum absolute atomic E-state index is 0.294. The quantitative estimate of drug-likeness (QED) is 0.883. The van der Waals surface area contributed by atoms with Gasteiger partial charge in [-0.15, -0.1) is 0 Å². The summed E-state index contributed by atoms with van der Waals surface area (Å²) < 4.78 is 5.22. The van der Waals surface area contributed by atoms with Crippen LogP contribution in [0.5, 0.6) is 5.75 Å². The minimum atomic E-state index is -0.586. The van der Waals surface area contributed by atoms with Gasteiger partial charge in [0.15, 0.2) is 0 Å². The van der Waals surface area contributed by atoms with Gasteiger partial charge in [-0.2, -0.15) is 0 Å². The summed E-state index contributed by atoms with van der Waals surface area (Å²) in [7, 11) is 1.47. The fraction of sp³-hybridized carbons (Fsp3) is 0.176. The lowest BCUT2D eigenvalue weighted by molar-refractivity contribution is 0.0947. The molecule has 0 unspecified atom stereocenters. The fourth-order valence-electron chi connectivity index (χ4n) is 2.28. The van der Waals surface area contributed by atoms with Gasteiger partial charge >= 0.3 is 0 Å². The van der Waals surface area contributed by atoms with E-state index in [1.165, 1.54) is 7.11 Å². The van der Waals surface area contributed by atoms with Gasteiger partial charge in [-0.25, -0.2) is 0 Å². The van der Waals surface area contributed by atoms with Crippen molar-refractivity contribution in [1.82, 2.24) is 5.32 Å². The normalized spacial score (nSPS) is 10.2. The Bertz CT molecular complexity index is 742. The Morgan fingerprint density at radius 3 is 2.39 bits per heavy atom. The number of carbonyl (C=O) groups is 2. The van der Waals surface area contributed by atoms with Crippen LogP contribution in [0.2, 0.25) is 5.02 Å². The number of nitrogens with one attached hydrogen (secondary N) is 1. The van der Waals surface area contributed by atoms with E-state index in [9.17, 15) is 9.59 Å². The maximum Gasteiger partial charge on any atom is 0.255 e. The second kappa shape index (κ2) is 7.15. The maximum absolute atomic E-state index is 12.5. The number of methoxy groups -OCH3 is 1. The van der Waals surface area contributed by atoms with Gasteiger partial charge in [0.2, 0.25) is 5.91 Å². The molecule has 0 fully saturated rings. The number of hydrogen-bond acceptors (Lipinski definition) is 3. The molecule has 120 valence electrons. The summed E-state index contributed by atoms with van der Waals surface area (Å²) in [5.74, 6) is -0.532. The number of nitrogens with two attached hydrogens (primary N) is 1. The number of ether oxygens (including phenoxy) is 1. The molecule has 2 aromatic carbocycles. The standard InChI is InChI=1S/C17H17ClN2O3/c1-10-13(16(19)21)7-8-14(23-2)15(10)17(22)20-9-11-3-5-12(18)6-4-11/h3-8H,9H2,1-2H3,(H2,19,21)(H,20,22). The zero-order chi connectivity index (χ0) is 17.0. The fourth-order valence-corrected chi connectivity index (χ4v) is 2.41. The average Bonchev–Trinajstić information content (AvgIpc) is 2.53. The van der Waals surface area contributed by atoms with Crippen LogP contribution in [0, 0.1) is 6.92 Å². The number of halogens is 1. The van der Waals surface area contributed by atoms with E-state index in [1.54, 1.807) is 31.2 Å². The Kier molecular flexibility index (Phi) is 5.24. The number of benzene rings is 2. The number of hydrogen-bond donors (Lipinski definition) is 2. The van der Waals surface area contributed by atoms with Crippen LogP contribution < -0.4 is 15.8 Å². The first-order chi connectivity index (χ1) is 10.9. The van der Waals surface area contributed by atoms with Gasteiger partial charge in [0.25, 0.3) is 5.91 Å². The van der Waals surface area contributed by atoms with E-state index < -0.39 is 5.91 Å². The monoisotopic (exact) mass is 332 g/mol. The summed E-state index contributed by atoms with van der Waals surface area (Å²) in [5.41, 5.74) is 7.33. The van der Waals surface area contributed by atoms with Gasteiger partial charge in [-0.3, -0.25) is 9.59 Å². The van der Waals surface area contributed by atoms with Crippen LogP contribution in [0.1, 0.15) is 31.8 Å². The molecule has 23 heavy (non-hydrogen) atoms. The summed E-state index contributed by atoms with van der Waals surface area (Å²) in [6, 6.07) is 10.3. The number of primary amides is 1. The molecule has 0 saturated heterocycles. The lowest BCUT2D eigenvalue weighted by Crippen LogP contribution is -2.25. The Morgan fingerprint density at radius 2 is 1.83 bits per heavy atom. The molecule has 0 heterocycles. The minimum Gasteiger partial charge on any atom is -0.496 e. The third kappa shape index (κ3) is 3.81. The highest BCUT2D eigenvalue weighted by molar-refractivity contribution is 6.30. The van der Waals surface area contributed by atoms with Crippen molar-refractivity contribution in [3.63, 3.8) is 0 Å². The molecule has 0 saturated carbocycles.